The van der Waals surface area contributed by atoms with E-state index >= 15 is 0 Å². The third kappa shape index (κ3) is 3.03. The molecule has 0 N–H and O–H groups in total. The second-order valence-corrected chi connectivity index (χ2v) is 7.80. The standard InChI is InChI=1S/C22H17ClFNO4/c23-13-4-1-3-12(9-13)19-18-20(26)16-10-14(24)6-7-17(16)29-21(18)22(27)25(19)11-15-5-2-8-28-15/h1,3-4,6-7,9-10,15,19H,2,5,8,11H2/t15-,19+/m0/s1. The Labute approximate surface area is 170 Å². The summed E-state index contributed by atoms with van der Waals surface area (Å²) in [5.74, 6) is -0.912. The maximum atomic E-state index is 13.8. The number of fused-ring (bicyclic) bond motifs is 2. The molecule has 0 unspecified atom stereocenters. The molecule has 2 aliphatic heterocycles. The summed E-state index contributed by atoms with van der Waals surface area (Å²) >= 11 is 6.18. The highest BCUT2D eigenvalue weighted by molar-refractivity contribution is 6.30. The Bertz CT molecular complexity index is 1190. The molecule has 1 fully saturated rings. The van der Waals surface area contributed by atoms with Gasteiger partial charge in [0.05, 0.1) is 23.1 Å². The van der Waals surface area contributed by atoms with Gasteiger partial charge in [-0.05, 0) is 48.7 Å². The van der Waals surface area contributed by atoms with Crippen LogP contribution >= 0.6 is 11.6 Å². The molecule has 0 saturated carbocycles. The minimum absolute atomic E-state index is 0.00270. The molecule has 5 nitrogen and oxygen atoms in total. The average molecular weight is 414 g/mol. The van der Waals surface area contributed by atoms with Gasteiger partial charge in [0.25, 0.3) is 5.91 Å². The maximum absolute atomic E-state index is 13.8. The Morgan fingerprint density at radius 1 is 1.17 bits per heavy atom. The van der Waals surface area contributed by atoms with Crippen molar-refractivity contribution in [3.63, 3.8) is 0 Å². The highest BCUT2D eigenvalue weighted by Gasteiger charge is 2.44. The summed E-state index contributed by atoms with van der Waals surface area (Å²) in [7, 11) is 0. The topological polar surface area (TPSA) is 59.8 Å². The third-order valence-corrected chi connectivity index (χ3v) is 5.75. The maximum Gasteiger partial charge on any atom is 0.291 e. The average Bonchev–Trinajstić information content (AvgIpc) is 3.31. The van der Waals surface area contributed by atoms with Crippen LogP contribution in [0.2, 0.25) is 5.02 Å². The minimum Gasteiger partial charge on any atom is -0.450 e. The number of halogens is 2. The lowest BCUT2D eigenvalue weighted by Crippen LogP contribution is -2.36. The van der Waals surface area contributed by atoms with Gasteiger partial charge in [0, 0.05) is 18.2 Å². The Hall–Kier alpha value is -2.70. The first-order valence-electron chi connectivity index (χ1n) is 9.47. The summed E-state index contributed by atoms with van der Waals surface area (Å²) in [6.45, 7) is 0.992. The number of rotatable bonds is 3. The van der Waals surface area contributed by atoms with Crippen molar-refractivity contribution in [2.45, 2.75) is 25.0 Å². The van der Waals surface area contributed by atoms with Crippen LogP contribution in [0.3, 0.4) is 0 Å². The number of nitrogens with zero attached hydrogens (tertiary/aromatic N) is 1. The predicted octanol–water partition coefficient (Wildman–Crippen LogP) is 4.31. The third-order valence-electron chi connectivity index (χ3n) is 5.52. The van der Waals surface area contributed by atoms with Crippen LogP contribution in [-0.4, -0.2) is 30.1 Å². The SMILES string of the molecule is O=C1c2oc3ccc(F)cc3c(=O)c2[C@@H](c2cccc(Cl)c2)N1C[C@@H]1CCCO1. The number of carbonyl (C=O) groups excluding carboxylic acids is 1. The number of carbonyl (C=O) groups is 1. The summed E-state index contributed by atoms with van der Waals surface area (Å²) in [6.07, 6.45) is 1.68. The van der Waals surface area contributed by atoms with E-state index in [2.05, 4.69) is 0 Å². The van der Waals surface area contributed by atoms with Crippen molar-refractivity contribution in [3.05, 3.63) is 80.4 Å². The highest BCUT2D eigenvalue weighted by Crippen LogP contribution is 2.39. The van der Waals surface area contributed by atoms with Crippen LogP contribution in [0.15, 0.2) is 51.7 Å². The molecule has 148 valence electrons. The quantitative estimate of drug-likeness (QED) is 0.642. The van der Waals surface area contributed by atoms with Crippen LogP contribution in [0.4, 0.5) is 4.39 Å². The molecule has 0 spiro atoms. The van der Waals surface area contributed by atoms with Gasteiger partial charge < -0.3 is 14.1 Å². The normalized spacial score (nSPS) is 21.2. The molecule has 1 amide bonds. The number of ether oxygens (including phenoxy) is 1. The fourth-order valence-corrected chi connectivity index (χ4v) is 4.41. The van der Waals surface area contributed by atoms with Crippen molar-refractivity contribution in [1.29, 1.82) is 0 Å². The fraction of sp³-hybridized carbons (Fsp3) is 0.273. The van der Waals surface area contributed by atoms with Gasteiger partial charge in [-0.25, -0.2) is 4.39 Å². The Balaban J connectivity index is 1.72. The van der Waals surface area contributed by atoms with Crippen LogP contribution in [0.5, 0.6) is 0 Å². The molecule has 0 bridgehead atoms. The molecule has 1 saturated heterocycles. The van der Waals surface area contributed by atoms with Gasteiger partial charge in [-0.3, -0.25) is 9.59 Å². The first-order chi connectivity index (χ1) is 14.0. The smallest absolute Gasteiger partial charge is 0.291 e. The molecule has 1 aromatic heterocycles. The van der Waals surface area contributed by atoms with Crippen molar-refractivity contribution in [2.75, 3.05) is 13.2 Å². The van der Waals surface area contributed by atoms with Crippen molar-refractivity contribution in [1.82, 2.24) is 4.90 Å². The molecule has 29 heavy (non-hydrogen) atoms. The molecule has 3 aromatic rings. The molecule has 0 aliphatic carbocycles. The zero-order valence-corrected chi connectivity index (χ0v) is 16.1. The van der Waals surface area contributed by atoms with Gasteiger partial charge in [-0.2, -0.15) is 0 Å². The Morgan fingerprint density at radius 2 is 2.03 bits per heavy atom. The summed E-state index contributed by atoms with van der Waals surface area (Å²) in [5.41, 5.74) is 0.695. The monoisotopic (exact) mass is 413 g/mol. The second-order valence-electron chi connectivity index (χ2n) is 7.36. The van der Waals surface area contributed by atoms with Gasteiger partial charge >= 0.3 is 0 Å². The zero-order chi connectivity index (χ0) is 20.1. The first-order valence-corrected chi connectivity index (χ1v) is 9.85. The molecule has 2 aliphatic rings. The molecule has 0 radical (unpaired) electrons. The first kappa shape index (κ1) is 18.3. The molecular formula is C22H17ClFNO4. The van der Waals surface area contributed by atoms with E-state index in [1.165, 1.54) is 12.1 Å². The van der Waals surface area contributed by atoms with Crippen LogP contribution in [0, 0.1) is 5.82 Å². The van der Waals surface area contributed by atoms with Crippen molar-refractivity contribution < 1.29 is 18.3 Å². The lowest BCUT2D eigenvalue weighted by atomic mass is 9.98. The summed E-state index contributed by atoms with van der Waals surface area (Å²) < 4.78 is 25.3. The number of amides is 1. The van der Waals surface area contributed by atoms with Crippen molar-refractivity contribution in [2.24, 2.45) is 0 Å². The summed E-state index contributed by atoms with van der Waals surface area (Å²) in [6, 6.07) is 10.1. The van der Waals surface area contributed by atoms with E-state index in [9.17, 15) is 14.0 Å². The van der Waals surface area contributed by atoms with Gasteiger partial charge in [-0.15, -0.1) is 0 Å². The summed E-state index contributed by atoms with van der Waals surface area (Å²) in [4.78, 5) is 28.2. The largest absolute Gasteiger partial charge is 0.450 e. The molecule has 2 atom stereocenters. The van der Waals surface area contributed by atoms with Crippen LogP contribution in [-0.2, 0) is 4.74 Å². The second kappa shape index (κ2) is 6.97. The molecule has 5 rings (SSSR count). The number of hydrogen-bond acceptors (Lipinski definition) is 4. The van der Waals surface area contributed by atoms with Gasteiger partial charge in [0.1, 0.15) is 11.4 Å². The van der Waals surface area contributed by atoms with E-state index in [0.717, 1.165) is 18.9 Å². The van der Waals surface area contributed by atoms with Crippen LogP contribution in [0.25, 0.3) is 11.0 Å². The van der Waals surface area contributed by atoms with Crippen molar-refractivity contribution >= 4 is 28.5 Å². The van der Waals surface area contributed by atoms with E-state index in [1.54, 1.807) is 23.1 Å². The molecule has 3 heterocycles. The fourth-order valence-electron chi connectivity index (χ4n) is 4.21. The lowest BCUT2D eigenvalue weighted by Gasteiger charge is -2.27. The number of hydrogen-bond donors (Lipinski definition) is 0. The van der Waals surface area contributed by atoms with Gasteiger partial charge in [0.2, 0.25) is 5.76 Å². The lowest BCUT2D eigenvalue weighted by molar-refractivity contribution is 0.0486. The van der Waals surface area contributed by atoms with E-state index < -0.39 is 17.3 Å². The minimum atomic E-state index is -0.663. The van der Waals surface area contributed by atoms with Crippen LogP contribution < -0.4 is 5.43 Å². The highest BCUT2D eigenvalue weighted by atomic mass is 35.5. The van der Waals surface area contributed by atoms with E-state index in [1.807, 2.05) is 6.07 Å². The Morgan fingerprint density at radius 3 is 2.79 bits per heavy atom. The van der Waals surface area contributed by atoms with E-state index in [-0.39, 0.29) is 34.3 Å². The van der Waals surface area contributed by atoms with Gasteiger partial charge in [0.15, 0.2) is 5.43 Å². The number of benzene rings is 2. The van der Waals surface area contributed by atoms with Crippen molar-refractivity contribution in [3.8, 4) is 0 Å². The summed E-state index contributed by atoms with van der Waals surface area (Å²) in [5, 5.41) is 0.610. The van der Waals surface area contributed by atoms with Gasteiger partial charge in [-0.1, -0.05) is 23.7 Å². The van der Waals surface area contributed by atoms with E-state index in [4.69, 9.17) is 20.8 Å². The Kier molecular flexibility index (Phi) is 4.41. The molecule has 7 heteroatoms. The zero-order valence-electron chi connectivity index (χ0n) is 15.4. The predicted molar refractivity (Wildman–Crippen MR) is 106 cm³/mol. The van der Waals surface area contributed by atoms with Crippen LogP contribution in [0.1, 0.15) is 40.6 Å². The molecular weight excluding hydrogens is 397 g/mol. The van der Waals surface area contributed by atoms with E-state index in [0.29, 0.717) is 23.7 Å². The molecule has 2 aromatic carbocycles.